The molecule has 13 heteroatoms. The van der Waals surface area contributed by atoms with E-state index in [1.807, 2.05) is 0 Å². The van der Waals surface area contributed by atoms with E-state index in [0.717, 1.165) is 32.3 Å². The molecular weight excluding hydrogens is 348 g/mol. The maximum atomic E-state index is 11.9. The number of rotatable bonds is 6. The zero-order valence-corrected chi connectivity index (χ0v) is 13.2. The lowest BCUT2D eigenvalue weighted by Gasteiger charge is -2.23. The number of hydrogen-bond acceptors (Lipinski definition) is 6. The lowest BCUT2D eigenvalue weighted by molar-refractivity contribution is -0.384. The minimum Gasteiger partial charge on any atom is -0.258 e. The van der Waals surface area contributed by atoms with Gasteiger partial charge in [-0.2, -0.15) is 26.3 Å². The van der Waals surface area contributed by atoms with Gasteiger partial charge in [-0.3, -0.25) is 10.1 Å². The number of nitro benzene ring substituents is 1. The Morgan fingerprint density at radius 1 is 1.14 bits per heavy atom. The molecule has 2 N–H and O–H groups in total. The van der Waals surface area contributed by atoms with Crippen LogP contribution in [0.2, 0.25) is 5.02 Å². The Bertz CT molecular complexity index is 729. The van der Waals surface area contributed by atoms with E-state index in [4.69, 9.17) is 11.6 Å². The van der Waals surface area contributed by atoms with Crippen LogP contribution in [-0.2, 0) is 20.4 Å². The minimum absolute atomic E-state index is 0.0602. The number of halogens is 1. The minimum atomic E-state index is -4.52. The maximum Gasteiger partial charge on any atom is 0.315 e. The highest BCUT2D eigenvalue weighted by molar-refractivity contribution is 8.08. The molecule has 1 rings (SSSR count). The molecular formula is C8H11ClN4O6S2. The van der Waals surface area contributed by atoms with Crippen molar-refractivity contribution in [2.24, 2.45) is 0 Å². The quantitative estimate of drug-likeness (QED) is 0.541. The van der Waals surface area contributed by atoms with Gasteiger partial charge in [0, 0.05) is 26.2 Å². The molecule has 1 aromatic carbocycles. The molecule has 0 amide bonds. The van der Waals surface area contributed by atoms with E-state index in [9.17, 15) is 26.9 Å². The first-order chi connectivity index (χ1) is 9.56. The Morgan fingerprint density at radius 3 is 2.00 bits per heavy atom. The van der Waals surface area contributed by atoms with Crippen molar-refractivity contribution in [3.63, 3.8) is 0 Å². The number of benzene rings is 1. The summed E-state index contributed by atoms with van der Waals surface area (Å²) in [4.78, 5) is 9.93. The molecule has 10 nitrogen and oxygen atoms in total. The Morgan fingerprint density at radius 2 is 1.62 bits per heavy atom. The molecule has 0 aliphatic rings. The van der Waals surface area contributed by atoms with Gasteiger partial charge in [0.05, 0.1) is 15.6 Å². The second-order valence-electron chi connectivity index (χ2n) is 3.51. The van der Waals surface area contributed by atoms with Crippen LogP contribution >= 0.6 is 11.6 Å². The zero-order chi connectivity index (χ0) is 16.4. The summed E-state index contributed by atoms with van der Waals surface area (Å²) in [5, 5.41) is 10.4. The number of nitro groups is 1. The van der Waals surface area contributed by atoms with E-state index < -0.39 is 36.7 Å². The first-order valence-corrected chi connectivity index (χ1v) is 8.44. The Labute approximate surface area is 126 Å². The van der Waals surface area contributed by atoms with E-state index in [-0.39, 0.29) is 8.73 Å². The van der Waals surface area contributed by atoms with E-state index >= 15 is 0 Å². The van der Waals surface area contributed by atoms with Gasteiger partial charge >= 0.3 is 20.4 Å². The molecule has 0 aliphatic heterocycles. The van der Waals surface area contributed by atoms with Crippen LogP contribution in [0.3, 0.4) is 0 Å². The fourth-order valence-corrected chi connectivity index (χ4v) is 4.24. The van der Waals surface area contributed by atoms with Crippen molar-refractivity contribution < 1.29 is 21.8 Å². The third kappa shape index (κ3) is 3.59. The molecule has 0 heterocycles. The van der Waals surface area contributed by atoms with Crippen molar-refractivity contribution in [3.05, 3.63) is 33.3 Å². The maximum absolute atomic E-state index is 11.9. The number of nitrogens with one attached hydrogen (secondary N) is 2. The predicted octanol–water partition coefficient (Wildman–Crippen LogP) is -0.0170. The molecule has 0 saturated carbocycles. The van der Waals surface area contributed by atoms with Gasteiger partial charge in [0.25, 0.3) is 5.69 Å². The third-order valence-electron chi connectivity index (χ3n) is 2.29. The Hall–Kier alpha value is -1.47. The van der Waals surface area contributed by atoms with Crippen LogP contribution in [0.1, 0.15) is 0 Å². The predicted molar refractivity (Wildman–Crippen MR) is 76.5 cm³/mol. The van der Waals surface area contributed by atoms with Crippen LogP contribution in [0.15, 0.2) is 18.2 Å². The van der Waals surface area contributed by atoms with E-state index in [2.05, 4.69) is 0 Å². The highest BCUT2D eigenvalue weighted by Crippen LogP contribution is 2.32. The molecule has 0 aliphatic carbocycles. The lowest BCUT2D eigenvalue weighted by Crippen LogP contribution is -2.47. The Balaban J connectivity index is 3.70. The summed E-state index contributed by atoms with van der Waals surface area (Å²) in [6, 6.07) is 2.78. The first-order valence-electron chi connectivity index (χ1n) is 5.18. The summed E-state index contributed by atoms with van der Waals surface area (Å²) in [7, 11) is -7.07. The molecule has 118 valence electrons. The van der Waals surface area contributed by atoms with E-state index in [1.54, 1.807) is 9.44 Å². The molecule has 0 aromatic heterocycles. The van der Waals surface area contributed by atoms with Crippen LogP contribution in [0.25, 0.3) is 0 Å². The van der Waals surface area contributed by atoms with Crippen molar-refractivity contribution in [2.75, 3.05) is 17.8 Å². The van der Waals surface area contributed by atoms with Gasteiger partial charge in [0.15, 0.2) is 0 Å². The third-order valence-corrected chi connectivity index (χ3v) is 6.09. The topological polar surface area (TPSA) is 139 Å². The van der Waals surface area contributed by atoms with Gasteiger partial charge in [-0.15, -0.1) is 3.71 Å². The lowest BCUT2D eigenvalue weighted by atomic mass is 10.3. The van der Waals surface area contributed by atoms with Crippen LogP contribution in [-0.4, -0.2) is 35.9 Å². The van der Waals surface area contributed by atoms with Crippen molar-refractivity contribution in [1.29, 1.82) is 0 Å². The summed E-state index contributed by atoms with van der Waals surface area (Å²) >= 11 is 5.77. The zero-order valence-electron chi connectivity index (χ0n) is 10.8. The molecule has 0 saturated heterocycles. The molecule has 1 aromatic rings. The van der Waals surface area contributed by atoms with Crippen molar-refractivity contribution in [1.82, 2.24) is 9.44 Å². The number of nitrogens with zero attached hydrogens (tertiary/aromatic N) is 2. The molecule has 0 unspecified atom stereocenters. The van der Waals surface area contributed by atoms with Gasteiger partial charge < -0.3 is 0 Å². The van der Waals surface area contributed by atoms with Gasteiger partial charge in [-0.05, 0) is 6.07 Å². The molecule has 0 spiro atoms. The largest absolute Gasteiger partial charge is 0.315 e. The van der Waals surface area contributed by atoms with Crippen LogP contribution in [0.5, 0.6) is 0 Å². The van der Waals surface area contributed by atoms with Crippen molar-refractivity contribution in [3.8, 4) is 0 Å². The smallest absolute Gasteiger partial charge is 0.258 e. The average molecular weight is 359 g/mol. The highest BCUT2D eigenvalue weighted by Gasteiger charge is 2.35. The van der Waals surface area contributed by atoms with Crippen LogP contribution in [0.4, 0.5) is 11.4 Å². The second kappa shape index (κ2) is 6.11. The second-order valence-corrected chi connectivity index (χ2v) is 7.59. The van der Waals surface area contributed by atoms with Gasteiger partial charge in [0.1, 0.15) is 0 Å². The summed E-state index contributed by atoms with van der Waals surface area (Å²) in [5.41, 5.74) is -1.09. The summed E-state index contributed by atoms with van der Waals surface area (Å²) in [5.74, 6) is 0. The molecule has 0 atom stereocenters. The molecule has 0 fully saturated rings. The van der Waals surface area contributed by atoms with E-state index in [1.165, 1.54) is 0 Å². The van der Waals surface area contributed by atoms with Crippen molar-refractivity contribution >= 4 is 43.4 Å². The highest BCUT2D eigenvalue weighted by atomic mass is 35.5. The van der Waals surface area contributed by atoms with Crippen molar-refractivity contribution in [2.45, 2.75) is 0 Å². The fraction of sp³-hybridized carbons (Fsp3) is 0.250. The first kappa shape index (κ1) is 17.6. The normalized spacial score (nSPS) is 12.1. The standard InChI is InChI=1S/C8H11ClN4O6S2/c1-10-20(16,17)13(21(18,19)11-2)8-5-6(12(14)15)3-4-7(8)9/h3-5,10-11H,1-2H3. The van der Waals surface area contributed by atoms with Gasteiger partial charge in [-0.25, -0.2) is 0 Å². The molecule has 0 bridgehead atoms. The van der Waals surface area contributed by atoms with Crippen LogP contribution < -0.4 is 13.2 Å². The number of non-ortho nitro benzene ring substituents is 1. The number of hydrogen-bond donors (Lipinski definition) is 2. The van der Waals surface area contributed by atoms with E-state index in [0.29, 0.717) is 0 Å². The monoisotopic (exact) mass is 358 g/mol. The SMILES string of the molecule is CNS(=O)(=O)N(c1cc([N+](=O)[O-])ccc1Cl)S(=O)(=O)NC. The number of anilines is 1. The average Bonchev–Trinajstić information content (AvgIpc) is 2.40. The fourth-order valence-electron chi connectivity index (χ4n) is 1.31. The molecule has 0 radical (unpaired) electrons. The summed E-state index contributed by atoms with van der Waals surface area (Å²) < 4.78 is 51.2. The van der Waals surface area contributed by atoms with Crippen LogP contribution in [0, 0.1) is 10.1 Å². The van der Waals surface area contributed by atoms with Gasteiger partial charge in [0.2, 0.25) is 0 Å². The summed E-state index contributed by atoms with van der Waals surface area (Å²) in [6.07, 6.45) is 0. The summed E-state index contributed by atoms with van der Waals surface area (Å²) in [6.45, 7) is 0. The van der Waals surface area contributed by atoms with Gasteiger partial charge in [-0.1, -0.05) is 11.6 Å². The Kier molecular flexibility index (Phi) is 5.11. The molecule has 21 heavy (non-hydrogen) atoms.